The van der Waals surface area contributed by atoms with Crippen LogP contribution in [-0.2, 0) is 41.5 Å². The van der Waals surface area contributed by atoms with Crippen LogP contribution in [-0.4, -0.2) is 81.8 Å². The summed E-state index contributed by atoms with van der Waals surface area (Å²) in [6.07, 6.45) is 0. The molecule has 0 atom stereocenters. The van der Waals surface area contributed by atoms with Crippen LogP contribution in [0.2, 0.25) is 0 Å². The van der Waals surface area contributed by atoms with Gasteiger partial charge in [-0.2, -0.15) is 8.42 Å². The molecule has 0 heterocycles. The van der Waals surface area contributed by atoms with Gasteiger partial charge in [0.15, 0.2) is 0 Å². The molecule has 0 amide bonds. The van der Waals surface area contributed by atoms with Crippen molar-refractivity contribution in [3.05, 3.63) is 57.6 Å². The van der Waals surface area contributed by atoms with E-state index in [-0.39, 0.29) is 142 Å². The van der Waals surface area contributed by atoms with E-state index in [0.717, 1.165) is 6.07 Å². The van der Waals surface area contributed by atoms with E-state index in [1.807, 2.05) is 0 Å². The van der Waals surface area contributed by atoms with E-state index in [2.05, 4.69) is 6.07 Å². The van der Waals surface area contributed by atoms with E-state index >= 15 is 0 Å². The van der Waals surface area contributed by atoms with Crippen molar-refractivity contribution in [1.29, 1.82) is 0 Å². The molecule has 0 aliphatic heterocycles. The maximum Gasteiger partial charge on any atom is 1.00 e. The monoisotopic (exact) mass is 810 g/mol. The Morgan fingerprint density at radius 2 is 0.938 bits per heavy atom. The van der Waals surface area contributed by atoms with Gasteiger partial charge in [-0.15, -0.1) is 36.9 Å². The van der Waals surface area contributed by atoms with Gasteiger partial charge in [0.1, 0.15) is 27.9 Å². The molecule has 0 fully saturated rings. The first-order chi connectivity index (χ1) is 20.6. The number of rotatable bonds is 2. The molecule has 18 nitrogen and oxygen atoms in total. The van der Waals surface area contributed by atoms with Gasteiger partial charge in [0.25, 0.3) is 10.1 Å². The zero-order valence-corrected chi connectivity index (χ0v) is 36.0. The molecule has 0 spiro atoms. The van der Waals surface area contributed by atoms with E-state index in [1.165, 1.54) is 39.8 Å². The summed E-state index contributed by atoms with van der Waals surface area (Å²) in [6.45, 7) is 8.98. The summed E-state index contributed by atoms with van der Waals surface area (Å²) in [5.41, 5.74) is 1.72. The van der Waals surface area contributed by atoms with Gasteiger partial charge < -0.3 is 35.2 Å². The quantitative estimate of drug-likeness (QED) is 0.0552. The molecule has 3 aromatic rings. The Labute approximate surface area is 364 Å². The van der Waals surface area contributed by atoms with Crippen LogP contribution >= 0.6 is 0 Å². The average Bonchev–Trinajstić information content (AvgIpc) is 2.83. The smallest absolute Gasteiger partial charge is 0.754 e. The van der Waals surface area contributed by atoms with Gasteiger partial charge in [0, 0.05) is 17.1 Å². The third-order valence-corrected chi connectivity index (χ3v) is 7.24. The summed E-state index contributed by atoms with van der Waals surface area (Å²) in [4.78, 5) is -1.47. The molecule has 0 aliphatic carbocycles. The molecule has 258 valence electrons. The number of benzene rings is 3. The fourth-order valence-corrected chi connectivity index (χ4v) is 4.93. The van der Waals surface area contributed by atoms with Crippen LogP contribution in [0, 0.1) is 47.6 Å². The van der Waals surface area contributed by atoms with E-state index in [4.69, 9.17) is 34.9 Å². The predicted octanol–water partition coefficient (Wildman–Crippen LogP) is -4.91. The van der Waals surface area contributed by atoms with Crippen LogP contribution in [0.15, 0.2) is 28.0 Å². The number of phenols is 6. The van der Waals surface area contributed by atoms with Crippen molar-refractivity contribution in [2.24, 2.45) is 0 Å². The summed E-state index contributed by atoms with van der Waals surface area (Å²) >= 11 is 0. The SMILES string of the molecule is Cc1[c-]c(O)c(S(=O)(=O)[O-])c(C)c1O.Cc1cc(O)c(S(=O)(=O)O)c(C)c1O.Cc1cc(O)cc(C)c1O.O=S(=O)=O.O=S(=O)=O.[K+].[K+]. The Balaban J connectivity index is -0.000000269. The molecule has 0 unspecified atom stereocenters. The number of phenolic OH excluding ortho intramolecular Hbond substituents is 6. The maximum absolute atomic E-state index is 10.8. The Kier molecular flexibility index (Phi) is 26.0. The van der Waals surface area contributed by atoms with Crippen LogP contribution in [0.3, 0.4) is 0 Å². The normalized spacial score (nSPS) is 9.83. The third-order valence-electron chi connectivity index (χ3n) is 5.21. The van der Waals surface area contributed by atoms with Crippen LogP contribution in [0.1, 0.15) is 33.4 Å². The summed E-state index contributed by atoms with van der Waals surface area (Å²) in [7, 11) is -15.5. The van der Waals surface area contributed by atoms with Crippen LogP contribution in [0.5, 0.6) is 34.5 Å². The molecule has 48 heavy (non-hydrogen) atoms. The van der Waals surface area contributed by atoms with Gasteiger partial charge >= 0.3 is 124 Å². The van der Waals surface area contributed by atoms with Crippen molar-refractivity contribution in [3.8, 4) is 34.5 Å². The van der Waals surface area contributed by atoms with E-state index in [9.17, 15) is 46.9 Å². The molecule has 0 aliphatic rings. The van der Waals surface area contributed by atoms with Crippen molar-refractivity contribution in [1.82, 2.24) is 0 Å². The molecule has 3 aromatic carbocycles. The Morgan fingerprint density at radius 3 is 1.27 bits per heavy atom. The third kappa shape index (κ3) is 19.3. The zero-order valence-electron chi connectivity index (χ0n) is 26.5. The van der Waals surface area contributed by atoms with Gasteiger partial charge in [0.2, 0.25) is 0 Å². The Morgan fingerprint density at radius 1 is 0.604 bits per heavy atom. The van der Waals surface area contributed by atoms with Crippen molar-refractivity contribution < 1.29 is 185 Å². The Bertz CT molecular complexity index is 1870. The minimum Gasteiger partial charge on any atom is -0.754 e. The first kappa shape index (κ1) is 53.6. The Hall–Kier alpha value is -1.21. The van der Waals surface area contributed by atoms with Crippen LogP contribution in [0.4, 0.5) is 0 Å². The summed E-state index contributed by atoms with van der Waals surface area (Å²) < 4.78 is 113. The van der Waals surface area contributed by atoms with Crippen LogP contribution < -0.4 is 103 Å². The topological polar surface area (TPSA) is 335 Å². The first-order valence-electron chi connectivity index (χ1n) is 11.5. The maximum atomic E-state index is 10.8. The second kappa shape index (κ2) is 23.3. The van der Waals surface area contributed by atoms with Crippen LogP contribution in [0.25, 0.3) is 0 Å². The summed E-state index contributed by atoms with van der Waals surface area (Å²) in [5.74, 6) is -1.47. The van der Waals surface area contributed by atoms with Crippen molar-refractivity contribution >= 4 is 41.5 Å². The van der Waals surface area contributed by atoms with Gasteiger partial charge in [-0.3, -0.25) is 13.0 Å². The van der Waals surface area contributed by atoms with E-state index in [1.54, 1.807) is 13.8 Å². The van der Waals surface area contributed by atoms with E-state index < -0.39 is 62.7 Å². The number of aryl methyl sites for hydroxylation is 4. The van der Waals surface area contributed by atoms with Crippen molar-refractivity contribution in [2.45, 2.75) is 51.3 Å². The minimum absolute atomic E-state index is 0. The first-order valence-corrected chi connectivity index (χ1v) is 16.3. The van der Waals surface area contributed by atoms with Gasteiger partial charge in [0.05, 0.1) is 10.1 Å². The largest absolute Gasteiger partial charge is 1.00 e. The average molecular weight is 811 g/mol. The zero-order chi connectivity index (χ0) is 37.1. The fraction of sp³-hybridized carbons (Fsp3) is 0.250. The number of hydrogen-bond acceptors (Lipinski definition) is 17. The van der Waals surface area contributed by atoms with E-state index in [0.29, 0.717) is 16.7 Å². The fourth-order valence-electron chi connectivity index (χ4n) is 3.36. The van der Waals surface area contributed by atoms with Gasteiger partial charge in [-0.25, -0.2) is 0 Å². The number of hydrogen-bond donors (Lipinski definition) is 7. The molecule has 3 rings (SSSR count). The molecule has 7 N–H and O–H groups in total. The molecule has 0 radical (unpaired) electrons. The second-order valence-electron chi connectivity index (χ2n) is 8.68. The minimum atomic E-state index is -4.79. The van der Waals surface area contributed by atoms with Crippen molar-refractivity contribution in [2.75, 3.05) is 0 Å². The molecule has 0 saturated heterocycles. The molecule has 0 saturated carbocycles. The molecule has 0 aromatic heterocycles. The standard InChI is InChI=1S/C8H10O5S.C8H9O5S.C8H10O2.2K.2O3S/c2*1-4-3-6(9)8(14(11,12)13)5(2)7(4)10;1-5-3-7(9)4-6(2)8(5)10;;;2*1-4(2)3/h3,9-10H,1-2H3,(H,11,12,13);9-10H,1-2H3,(H,11,12,13);3-4,9-10H,1-2H3;;;;/q;-1;;2*+1;;/p-1. The number of aromatic hydroxyl groups is 6. The van der Waals surface area contributed by atoms with Crippen molar-refractivity contribution in [3.63, 3.8) is 0 Å². The second-order valence-corrected chi connectivity index (χ2v) is 12.2. The van der Waals surface area contributed by atoms with Gasteiger partial charge in [-0.05, 0) is 67.5 Å². The molecular formula is C24H28K2O18S4. The van der Waals surface area contributed by atoms with Gasteiger partial charge in [-0.1, -0.05) is 19.4 Å². The molecule has 24 heteroatoms. The summed E-state index contributed by atoms with van der Waals surface area (Å²) in [5, 5.41) is 55.4. The molecule has 0 bridgehead atoms. The predicted molar refractivity (Wildman–Crippen MR) is 154 cm³/mol. The molecular weight excluding hydrogens is 783 g/mol. The summed E-state index contributed by atoms with van der Waals surface area (Å²) in [6, 6.07) is 6.32.